The number of ether oxygens (including phenoxy) is 1. The molecule has 14 heavy (non-hydrogen) atoms. The Bertz CT molecular complexity index is 309. The molecule has 2 rings (SSSR count). The summed E-state index contributed by atoms with van der Waals surface area (Å²) >= 11 is 1.49. The highest BCUT2D eigenvalue weighted by molar-refractivity contribution is 7.13. The van der Waals surface area contributed by atoms with E-state index in [4.69, 9.17) is 4.74 Å². The van der Waals surface area contributed by atoms with Crippen molar-refractivity contribution in [1.29, 1.82) is 0 Å². The van der Waals surface area contributed by atoms with E-state index in [1.165, 1.54) is 24.2 Å². The largest absolute Gasteiger partial charge is 0.465 e. The van der Waals surface area contributed by atoms with E-state index in [-0.39, 0.29) is 0 Å². The van der Waals surface area contributed by atoms with E-state index in [9.17, 15) is 0 Å². The van der Waals surface area contributed by atoms with Crippen molar-refractivity contribution in [3.8, 4) is 5.19 Å². The van der Waals surface area contributed by atoms with Crippen molar-refractivity contribution < 1.29 is 4.74 Å². The zero-order chi connectivity index (χ0) is 9.80. The third-order valence-electron chi connectivity index (χ3n) is 1.89. The molecule has 0 amide bonds. The summed E-state index contributed by atoms with van der Waals surface area (Å²) in [6.45, 7) is 4.87. The van der Waals surface area contributed by atoms with E-state index in [1.54, 1.807) is 6.08 Å². The Labute approximate surface area is 87.0 Å². The minimum atomic E-state index is 0.491. The van der Waals surface area contributed by atoms with Crippen LogP contribution < -0.4 is 10.1 Å². The van der Waals surface area contributed by atoms with Gasteiger partial charge < -0.3 is 10.1 Å². The minimum absolute atomic E-state index is 0.491. The van der Waals surface area contributed by atoms with Crippen molar-refractivity contribution in [2.45, 2.75) is 25.4 Å². The van der Waals surface area contributed by atoms with E-state index < -0.39 is 0 Å². The van der Waals surface area contributed by atoms with Crippen LogP contribution in [0.3, 0.4) is 0 Å². The van der Waals surface area contributed by atoms with Crippen LogP contribution in [0.15, 0.2) is 12.7 Å². The SMILES string of the molecule is C=CCOc1nnc(CNC2CC2)s1. The van der Waals surface area contributed by atoms with Crippen LogP contribution in [0.4, 0.5) is 0 Å². The lowest BCUT2D eigenvalue weighted by Crippen LogP contribution is -2.14. The quantitative estimate of drug-likeness (QED) is 0.722. The van der Waals surface area contributed by atoms with Crippen LogP contribution in [0.2, 0.25) is 0 Å². The molecule has 1 saturated carbocycles. The molecule has 5 heteroatoms. The van der Waals surface area contributed by atoms with Gasteiger partial charge >= 0.3 is 0 Å². The van der Waals surface area contributed by atoms with Crippen LogP contribution in [-0.2, 0) is 6.54 Å². The minimum Gasteiger partial charge on any atom is -0.465 e. The average molecular weight is 211 g/mol. The van der Waals surface area contributed by atoms with Crippen LogP contribution in [0.5, 0.6) is 5.19 Å². The molecule has 1 aromatic rings. The molecule has 1 fully saturated rings. The van der Waals surface area contributed by atoms with E-state index in [0.29, 0.717) is 17.8 Å². The standard InChI is InChI=1S/C9H13N3OS/c1-2-5-13-9-12-11-8(14-9)6-10-7-3-4-7/h2,7,10H,1,3-6H2. The maximum atomic E-state index is 5.26. The number of nitrogens with one attached hydrogen (secondary N) is 1. The van der Waals surface area contributed by atoms with Crippen LogP contribution in [-0.4, -0.2) is 22.8 Å². The average Bonchev–Trinajstić information content (AvgIpc) is 2.92. The Morgan fingerprint density at radius 1 is 1.57 bits per heavy atom. The lowest BCUT2D eigenvalue weighted by Gasteiger charge is -1.96. The highest BCUT2D eigenvalue weighted by Crippen LogP contribution is 2.21. The van der Waals surface area contributed by atoms with Crippen molar-refractivity contribution in [1.82, 2.24) is 15.5 Å². The second kappa shape index (κ2) is 4.52. The van der Waals surface area contributed by atoms with Gasteiger partial charge in [0.15, 0.2) is 0 Å². The van der Waals surface area contributed by atoms with Crippen LogP contribution in [0.25, 0.3) is 0 Å². The molecule has 1 aliphatic carbocycles. The molecule has 0 bridgehead atoms. The Hall–Kier alpha value is -0.940. The molecular formula is C9H13N3OS. The maximum absolute atomic E-state index is 5.26. The molecule has 0 unspecified atom stereocenters. The first kappa shape index (κ1) is 9.61. The summed E-state index contributed by atoms with van der Waals surface area (Å²) in [5.41, 5.74) is 0. The van der Waals surface area contributed by atoms with E-state index in [1.807, 2.05) is 0 Å². The Morgan fingerprint density at radius 2 is 2.43 bits per heavy atom. The predicted octanol–water partition coefficient (Wildman–Crippen LogP) is 1.35. The van der Waals surface area contributed by atoms with Crippen LogP contribution in [0.1, 0.15) is 17.8 Å². The van der Waals surface area contributed by atoms with E-state index in [2.05, 4.69) is 22.1 Å². The summed E-state index contributed by atoms with van der Waals surface area (Å²) in [5.74, 6) is 0. The molecule has 0 radical (unpaired) electrons. The monoisotopic (exact) mass is 211 g/mol. The van der Waals surface area contributed by atoms with Gasteiger partial charge in [-0.3, -0.25) is 0 Å². The van der Waals surface area contributed by atoms with Crippen molar-refractivity contribution in [3.05, 3.63) is 17.7 Å². The second-order valence-electron chi connectivity index (χ2n) is 3.22. The normalized spacial score (nSPS) is 15.4. The zero-order valence-electron chi connectivity index (χ0n) is 7.90. The van der Waals surface area contributed by atoms with Crippen LogP contribution >= 0.6 is 11.3 Å². The molecule has 0 atom stereocenters. The van der Waals surface area contributed by atoms with E-state index in [0.717, 1.165) is 11.6 Å². The fourth-order valence-electron chi connectivity index (χ4n) is 1.02. The molecule has 76 valence electrons. The molecule has 0 spiro atoms. The van der Waals surface area contributed by atoms with Gasteiger partial charge in [0.2, 0.25) is 0 Å². The Balaban J connectivity index is 1.78. The molecule has 1 heterocycles. The molecule has 0 saturated heterocycles. The third kappa shape index (κ3) is 2.78. The van der Waals surface area contributed by atoms with Gasteiger partial charge in [0.1, 0.15) is 11.6 Å². The second-order valence-corrected chi connectivity index (χ2v) is 4.24. The molecule has 1 aliphatic rings. The third-order valence-corrected chi connectivity index (χ3v) is 2.73. The highest BCUT2D eigenvalue weighted by Gasteiger charge is 2.20. The van der Waals surface area contributed by atoms with Crippen LogP contribution in [0, 0.1) is 0 Å². The van der Waals surface area contributed by atoms with Gasteiger partial charge in [-0.2, -0.15) is 0 Å². The fraction of sp³-hybridized carbons (Fsp3) is 0.556. The predicted molar refractivity (Wildman–Crippen MR) is 55.5 cm³/mol. The molecule has 4 nitrogen and oxygen atoms in total. The maximum Gasteiger partial charge on any atom is 0.294 e. The number of aromatic nitrogens is 2. The lowest BCUT2D eigenvalue weighted by molar-refractivity contribution is 0.357. The zero-order valence-corrected chi connectivity index (χ0v) is 8.72. The van der Waals surface area contributed by atoms with Gasteiger partial charge in [0, 0.05) is 6.04 Å². The Kier molecular flexibility index (Phi) is 3.10. The first-order valence-corrected chi connectivity index (χ1v) is 5.49. The van der Waals surface area contributed by atoms with Gasteiger partial charge in [-0.25, -0.2) is 0 Å². The van der Waals surface area contributed by atoms with Crippen molar-refractivity contribution >= 4 is 11.3 Å². The molecule has 0 aromatic carbocycles. The molecular weight excluding hydrogens is 198 g/mol. The molecule has 0 aliphatic heterocycles. The first-order valence-electron chi connectivity index (χ1n) is 4.68. The number of hydrogen-bond acceptors (Lipinski definition) is 5. The number of rotatable bonds is 6. The topological polar surface area (TPSA) is 47.0 Å². The lowest BCUT2D eigenvalue weighted by atomic mass is 10.6. The summed E-state index contributed by atoms with van der Waals surface area (Å²) in [7, 11) is 0. The summed E-state index contributed by atoms with van der Waals surface area (Å²) < 4.78 is 5.26. The first-order chi connectivity index (χ1) is 6.88. The number of nitrogens with zero attached hydrogens (tertiary/aromatic N) is 2. The van der Waals surface area contributed by atoms with Gasteiger partial charge in [-0.05, 0) is 12.8 Å². The number of hydrogen-bond donors (Lipinski definition) is 1. The van der Waals surface area contributed by atoms with Gasteiger partial charge in [-0.15, -0.1) is 5.10 Å². The molecule has 1 aromatic heterocycles. The summed E-state index contributed by atoms with van der Waals surface area (Å²) in [6, 6.07) is 0.705. The van der Waals surface area contributed by atoms with Crippen molar-refractivity contribution in [2.75, 3.05) is 6.61 Å². The summed E-state index contributed by atoms with van der Waals surface area (Å²) in [5, 5.41) is 12.9. The van der Waals surface area contributed by atoms with Crippen molar-refractivity contribution in [2.24, 2.45) is 0 Å². The van der Waals surface area contributed by atoms with Gasteiger partial charge in [0.25, 0.3) is 5.19 Å². The Morgan fingerprint density at radius 3 is 3.14 bits per heavy atom. The molecule has 1 N–H and O–H groups in total. The van der Waals surface area contributed by atoms with E-state index >= 15 is 0 Å². The smallest absolute Gasteiger partial charge is 0.294 e. The summed E-state index contributed by atoms with van der Waals surface area (Å²) in [6.07, 6.45) is 4.28. The van der Waals surface area contributed by atoms with Gasteiger partial charge in [0.05, 0.1) is 6.54 Å². The van der Waals surface area contributed by atoms with Crippen molar-refractivity contribution in [3.63, 3.8) is 0 Å². The van der Waals surface area contributed by atoms with Gasteiger partial charge in [-0.1, -0.05) is 29.1 Å². The highest BCUT2D eigenvalue weighted by atomic mass is 32.1. The summed E-state index contributed by atoms with van der Waals surface area (Å²) in [4.78, 5) is 0. The fourth-order valence-corrected chi connectivity index (χ4v) is 1.66.